The zero-order chi connectivity index (χ0) is 14.2. The number of aromatic nitrogens is 2. The van der Waals surface area contributed by atoms with Gasteiger partial charge in [0, 0.05) is 12.1 Å². The quantitative estimate of drug-likeness (QED) is 0.422. The van der Waals surface area contributed by atoms with Gasteiger partial charge in [0.15, 0.2) is 5.69 Å². The van der Waals surface area contributed by atoms with Crippen LogP contribution in [-0.2, 0) is 0 Å². The molecule has 0 aliphatic heterocycles. The van der Waals surface area contributed by atoms with Gasteiger partial charge in [-0.3, -0.25) is 9.89 Å². The van der Waals surface area contributed by atoms with E-state index >= 15 is 0 Å². The van der Waals surface area contributed by atoms with Crippen LogP contribution in [0.5, 0.6) is 0 Å². The second kappa shape index (κ2) is 4.93. The van der Waals surface area contributed by atoms with E-state index in [0.717, 1.165) is 4.68 Å². The van der Waals surface area contributed by atoms with E-state index in [0.29, 0.717) is 5.69 Å². The summed E-state index contributed by atoms with van der Waals surface area (Å²) in [4.78, 5) is 11.9. The number of nitrogens with one attached hydrogen (secondary N) is 3. The van der Waals surface area contributed by atoms with Crippen LogP contribution >= 0.6 is 0 Å². The van der Waals surface area contributed by atoms with Crippen molar-refractivity contribution in [3.63, 3.8) is 0 Å². The first-order valence-electron chi connectivity index (χ1n) is 5.30. The molecule has 9 nitrogen and oxygen atoms in total. The smallest absolute Gasteiger partial charge is 0.336 e. The number of hydrogen-bond acceptors (Lipinski definition) is 5. The summed E-state index contributed by atoms with van der Waals surface area (Å²) < 4.78 is 1.06. The van der Waals surface area contributed by atoms with Crippen molar-refractivity contribution >= 4 is 11.4 Å². The Morgan fingerprint density at radius 3 is 2.16 bits per heavy atom. The van der Waals surface area contributed by atoms with Crippen molar-refractivity contribution in [2.75, 3.05) is 0 Å². The number of hydrogen-bond donors (Lipinski definition) is 5. The topological polar surface area (TPSA) is 133 Å². The minimum Gasteiger partial charge on any atom is -0.595 e. The van der Waals surface area contributed by atoms with Crippen LogP contribution in [-0.4, -0.2) is 20.2 Å². The van der Waals surface area contributed by atoms with Crippen LogP contribution in [0.4, 0.5) is 11.4 Å². The molecule has 0 saturated heterocycles. The normalized spacial score (nSPS) is 14.4. The Balaban J connectivity index is 2.48. The molecule has 0 spiro atoms. The summed E-state index contributed by atoms with van der Waals surface area (Å²) in [5.41, 5.74) is -0.334. The van der Waals surface area contributed by atoms with Crippen LogP contribution in [0, 0.1) is 17.3 Å². The van der Waals surface area contributed by atoms with Crippen LogP contribution in [0.2, 0.25) is 0 Å². The molecular formula is C10H12N4O5. The summed E-state index contributed by atoms with van der Waals surface area (Å²) in [7, 11) is 0. The number of quaternary nitrogens is 2. The predicted molar refractivity (Wildman–Crippen MR) is 62.7 cm³/mol. The fraction of sp³-hybridized carbons (Fsp3) is 0.100. The van der Waals surface area contributed by atoms with Crippen molar-refractivity contribution < 1.29 is 20.9 Å². The van der Waals surface area contributed by atoms with Crippen LogP contribution in [0.1, 0.15) is 5.69 Å². The lowest BCUT2D eigenvalue weighted by molar-refractivity contribution is -0.992. The third-order valence-electron chi connectivity index (χ3n) is 2.66. The lowest BCUT2D eigenvalue weighted by Crippen LogP contribution is -3.00. The Kier molecular flexibility index (Phi) is 3.48. The maximum Gasteiger partial charge on any atom is 0.336 e. The fourth-order valence-corrected chi connectivity index (χ4v) is 1.73. The molecule has 9 heteroatoms. The molecule has 2 atom stereocenters. The number of benzene rings is 1. The van der Waals surface area contributed by atoms with Gasteiger partial charge in [0.05, 0.1) is 11.4 Å². The molecule has 5 N–H and O–H groups in total. The molecule has 0 bridgehead atoms. The third-order valence-corrected chi connectivity index (χ3v) is 2.66. The largest absolute Gasteiger partial charge is 0.595 e. The van der Waals surface area contributed by atoms with Gasteiger partial charge in [0.2, 0.25) is 0 Å². The molecule has 0 aliphatic carbocycles. The van der Waals surface area contributed by atoms with E-state index < -0.39 is 16.0 Å². The van der Waals surface area contributed by atoms with Crippen LogP contribution in [0.15, 0.2) is 29.1 Å². The highest BCUT2D eigenvalue weighted by atomic mass is 16.8. The van der Waals surface area contributed by atoms with Gasteiger partial charge in [-0.05, 0) is 19.1 Å². The Bertz CT molecular complexity index is 628. The van der Waals surface area contributed by atoms with Gasteiger partial charge < -0.3 is 10.4 Å². The number of rotatable bonds is 3. The molecule has 2 rings (SSSR count). The minimum atomic E-state index is -1.31. The van der Waals surface area contributed by atoms with Gasteiger partial charge >= 0.3 is 5.56 Å². The maximum absolute atomic E-state index is 11.9. The summed E-state index contributed by atoms with van der Waals surface area (Å²) in [6.45, 7) is 1.48. The van der Waals surface area contributed by atoms with E-state index in [-0.39, 0.29) is 17.1 Å². The highest BCUT2D eigenvalue weighted by Crippen LogP contribution is 2.10. The molecule has 1 heterocycles. The molecule has 0 saturated carbocycles. The molecule has 19 heavy (non-hydrogen) atoms. The zero-order valence-electron chi connectivity index (χ0n) is 9.88. The van der Waals surface area contributed by atoms with Crippen molar-refractivity contribution in [1.82, 2.24) is 9.78 Å². The van der Waals surface area contributed by atoms with Crippen LogP contribution < -0.4 is 16.0 Å². The first-order chi connectivity index (χ1) is 8.91. The Morgan fingerprint density at radius 2 is 1.74 bits per heavy atom. The lowest BCUT2D eigenvalue weighted by atomic mass is 10.3. The first kappa shape index (κ1) is 13.4. The zero-order valence-corrected chi connectivity index (χ0v) is 9.88. The van der Waals surface area contributed by atoms with E-state index in [1.54, 1.807) is 0 Å². The van der Waals surface area contributed by atoms with E-state index in [4.69, 9.17) is 10.4 Å². The van der Waals surface area contributed by atoms with E-state index in [2.05, 4.69) is 5.10 Å². The molecule has 0 aliphatic rings. The molecule has 1 aromatic carbocycles. The third kappa shape index (κ3) is 2.42. The van der Waals surface area contributed by atoms with Gasteiger partial charge in [0.1, 0.15) is 0 Å². The van der Waals surface area contributed by atoms with Gasteiger partial charge in [-0.2, -0.15) is 10.5 Å². The molecule has 1 aromatic heterocycles. The Hall–Kier alpha value is -2.01. The van der Waals surface area contributed by atoms with E-state index in [9.17, 15) is 15.2 Å². The van der Waals surface area contributed by atoms with E-state index in [1.165, 1.54) is 31.2 Å². The van der Waals surface area contributed by atoms with Crippen molar-refractivity contribution in [1.29, 1.82) is 0 Å². The average molecular weight is 268 g/mol. The van der Waals surface area contributed by atoms with Gasteiger partial charge in [-0.15, -0.1) is 0 Å². The molecule has 0 fully saturated rings. The van der Waals surface area contributed by atoms with Gasteiger partial charge in [0.25, 0.3) is 5.69 Å². The number of H-pyrrole nitrogens is 1. The van der Waals surface area contributed by atoms with Crippen molar-refractivity contribution in [3.05, 3.63) is 50.7 Å². The molecule has 2 unspecified atom stereocenters. The summed E-state index contributed by atoms with van der Waals surface area (Å²) in [6.07, 6.45) is 0. The first-order valence-corrected chi connectivity index (χ1v) is 5.30. The number of nitrogens with zero attached hydrogens (tertiary/aromatic N) is 1. The van der Waals surface area contributed by atoms with E-state index in [1.807, 2.05) is 0 Å². The fourth-order valence-electron chi connectivity index (χ4n) is 1.73. The number of aromatic amines is 1. The second-order valence-electron chi connectivity index (χ2n) is 3.91. The van der Waals surface area contributed by atoms with Gasteiger partial charge in [-0.25, -0.2) is 15.1 Å². The summed E-state index contributed by atoms with van der Waals surface area (Å²) in [6, 6.07) is 5.51. The lowest BCUT2D eigenvalue weighted by Gasteiger charge is -2.11. The Labute approximate surface area is 106 Å². The molecular weight excluding hydrogens is 256 g/mol. The average Bonchev–Trinajstić information content (AvgIpc) is 2.65. The standard InChI is InChI=1S/C10H12N4O5/c1-6-9(14(18)19)10(15)12(11-6)7-2-4-8(5-3-7)13(16)17/h2-5,11,13-14,16,18H,1H3. The second-order valence-corrected chi connectivity index (χ2v) is 3.91. The highest BCUT2D eigenvalue weighted by Gasteiger charge is 2.18. The Morgan fingerprint density at radius 1 is 1.16 bits per heavy atom. The molecule has 0 radical (unpaired) electrons. The molecule has 0 amide bonds. The number of aryl methyl sites for hydroxylation is 1. The SMILES string of the molecule is Cc1[nH]n(-c2ccc([NH+]([O-])O)cc2)c(=O)c1[NH+]([O-])O. The maximum atomic E-state index is 11.9. The highest BCUT2D eigenvalue weighted by molar-refractivity contribution is 5.42. The molecule has 102 valence electrons. The summed E-state index contributed by atoms with van der Waals surface area (Å²) in [5, 5.41) is 39.6. The molecule has 2 aromatic rings. The predicted octanol–water partition coefficient (Wildman–Crippen LogP) is -1.72. The minimum absolute atomic E-state index is 0.0820. The van der Waals surface area contributed by atoms with Crippen molar-refractivity contribution in [2.24, 2.45) is 0 Å². The monoisotopic (exact) mass is 268 g/mol. The summed E-state index contributed by atoms with van der Waals surface area (Å²) in [5.74, 6) is 0. The van der Waals surface area contributed by atoms with Crippen LogP contribution in [0.25, 0.3) is 5.69 Å². The van der Waals surface area contributed by atoms with Crippen molar-refractivity contribution in [3.8, 4) is 5.69 Å². The van der Waals surface area contributed by atoms with Crippen molar-refractivity contribution in [2.45, 2.75) is 6.92 Å². The van der Waals surface area contributed by atoms with Gasteiger partial charge in [-0.1, -0.05) is 0 Å². The summed E-state index contributed by atoms with van der Waals surface area (Å²) >= 11 is 0. The van der Waals surface area contributed by atoms with Crippen LogP contribution in [0.3, 0.4) is 0 Å².